The third-order valence-corrected chi connectivity index (χ3v) is 3.69. The molecule has 0 spiro atoms. The molecule has 5 heteroatoms. The zero-order valence-corrected chi connectivity index (χ0v) is 14.1. The van der Waals surface area contributed by atoms with Gasteiger partial charge in [0.15, 0.2) is 0 Å². The first kappa shape index (κ1) is 19.9. The van der Waals surface area contributed by atoms with E-state index in [1.54, 1.807) is 0 Å². The van der Waals surface area contributed by atoms with Gasteiger partial charge in [0, 0.05) is 19.4 Å². The van der Waals surface area contributed by atoms with E-state index in [1.807, 2.05) is 21.1 Å². The summed E-state index contributed by atoms with van der Waals surface area (Å²) in [6.45, 7) is 2.71. The number of carboxylic acid groups (broad SMARTS) is 1. The zero-order chi connectivity index (χ0) is 16.3. The number of carboxylic acids is 1. The number of amides is 1. The van der Waals surface area contributed by atoms with Crippen molar-refractivity contribution in [1.29, 1.82) is 0 Å². The van der Waals surface area contributed by atoms with Gasteiger partial charge in [0.25, 0.3) is 0 Å². The van der Waals surface area contributed by atoms with Crippen LogP contribution in [0.5, 0.6) is 0 Å². The minimum absolute atomic E-state index is 0.0711. The molecule has 0 aliphatic heterocycles. The van der Waals surface area contributed by atoms with Crippen LogP contribution in [0.4, 0.5) is 0 Å². The SMILES string of the molecule is CCCCCCCC(=O)NCCCC(C(=O)[O-])[N+](C)(C)C. The fraction of sp³-hybridized carbons (Fsp3) is 0.875. The molecule has 0 saturated heterocycles. The second-order valence-corrected chi connectivity index (χ2v) is 6.61. The van der Waals surface area contributed by atoms with Crippen LogP contribution in [-0.4, -0.2) is 50.1 Å². The van der Waals surface area contributed by atoms with Gasteiger partial charge < -0.3 is 19.7 Å². The van der Waals surface area contributed by atoms with Crippen LogP contribution in [0.2, 0.25) is 0 Å². The van der Waals surface area contributed by atoms with E-state index in [-0.39, 0.29) is 5.91 Å². The maximum Gasteiger partial charge on any atom is 0.219 e. The minimum atomic E-state index is -1.02. The van der Waals surface area contributed by atoms with Crippen LogP contribution in [0, 0.1) is 0 Å². The first-order valence-electron chi connectivity index (χ1n) is 8.07. The maximum absolute atomic E-state index is 11.6. The van der Waals surface area contributed by atoms with Gasteiger partial charge in [0.1, 0.15) is 6.04 Å². The third kappa shape index (κ3) is 10.3. The number of likely N-dealkylation sites (N-methyl/N-ethyl adjacent to an activating group) is 1. The van der Waals surface area contributed by atoms with Gasteiger partial charge in [-0.15, -0.1) is 0 Å². The Morgan fingerprint density at radius 3 is 2.19 bits per heavy atom. The molecule has 0 heterocycles. The summed E-state index contributed by atoms with van der Waals surface area (Å²) in [5.74, 6) is -0.952. The standard InChI is InChI=1S/C16H32N2O3/c1-5-6-7-8-9-12-15(19)17-13-10-11-14(16(20)21)18(2,3)4/h14H,5-13H2,1-4H3,(H-,17,19,20,21). The molecule has 1 amide bonds. The molecule has 0 aromatic rings. The van der Waals surface area contributed by atoms with E-state index in [9.17, 15) is 14.7 Å². The number of hydrogen-bond donors (Lipinski definition) is 1. The van der Waals surface area contributed by atoms with Crippen LogP contribution >= 0.6 is 0 Å². The Balaban J connectivity index is 3.74. The number of carbonyl (C=O) groups is 2. The van der Waals surface area contributed by atoms with Crippen molar-refractivity contribution in [3.05, 3.63) is 0 Å². The lowest BCUT2D eigenvalue weighted by atomic mass is 10.1. The van der Waals surface area contributed by atoms with Crippen molar-refractivity contribution >= 4 is 11.9 Å². The van der Waals surface area contributed by atoms with E-state index in [0.29, 0.717) is 30.3 Å². The highest BCUT2D eigenvalue weighted by Gasteiger charge is 2.24. The smallest absolute Gasteiger partial charge is 0.219 e. The summed E-state index contributed by atoms with van der Waals surface area (Å²) in [5.41, 5.74) is 0. The van der Waals surface area contributed by atoms with E-state index in [2.05, 4.69) is 12.2 Å². The molecule has 1 N–H and O–H groups in total. The molecular formula is C16H32N2O3. The fourth-order valence-electron chi connectivity index (χ4n) is 2.32. The number of rotatable bonds is 12. The molecule has 1 atom stereocenters. The predicted octanol–water partition coefficient (Wildman–Crippen LogP) is 1.07. The summed E-state index contributed by atoms with van der Waals surface area (Å²) in [4.78, 5) is 22.7. The molecule has 0 aliphatic carbocycles. The maximum atomic E-state index is 11.6. The molecule has 0 aliphatic rings. The molecule has 1 unspecified atom stereocenters. The Morgan fingerprint density at radius 1 is 1.05 bits per heavy atom. The summed E-state index contributed by atoms with van der Waals surface area (Å²) in [6, 6.07) is -0.532. The predicted molar refractivity (Wildman–Crippen MR) is 82.4 cm³/mol. The highest BCUT2D eigenvalue weighted by atomic mass is 16.4. The van der Waals surface area contributed by atoms with Crippen LogP contribution in [-0.2, 0) is 9.59 Å². The van der Waals surface area contributed by atoms with E-state index in [0.717, 1.165) is 12.8 Å². The van der Waals surface area contributed by atoms with Gasteiger partial charge in [0.05, 0.1) is 27.1 Å². The van der Waals surface area contributed by atoms with Gasteiger partial charge in [0.2, 0.25) is 5.91 Å². The van der Waals surface area contributed by atoms with Crippen LogP contribution in [0.1, 0.15) is 58.3 Å². The molecule has 0 saturated carbocycles. The largest absolute Gasteiger partial charge is 0.544 e. The van der Waals surface area contributed by atoms with Crippen molar-refractivity contribution in [3.63, 3.8) is 0 Å². The second-order valence-electron chi connectivity index (χ2n) is 6.61. The van der Waals surface area contributed by atoms with Crippen LogP contribution in [0.25, 0.3) is 0 Å². The summed E-state index contributed by atoms with van der Waals surface area (Å²) < 4.78 is 0.341. The average molecular weight is 300 g/mol. The minimum Gasteiger partial charge on any atom is -0.544 e. The lowest BCUT2D eigenvalue weighted by Gasteiger charge is -2.34. The van der Waals surface area contributed by atoms with Crippen LogP contribution in [0.15, 0.2) is 0 Å². The normalized spacial score (nSPS) is 13.0. The van der Waals surface area contributed by atoms with E-state index < -0.39 is 12.0 Å². The molecule has 0 rings (SSSR count). The Bertz CT molecular complexity index is 311. The number of nitrogens with one attached hydrogen (secondary N) is 1. The molecule has 0 aromatic heterocycles. The molecule has 5 nitrogen and oxygen atoms in total. The zero-order valence-electron chi connectivity index (χ0n) is 14.1. The summed E-state index contributed by atoms with van der Waals surface area (Å²) >= 11 is 0. The van der Waals surface area contributed by atoms with Gasteiger partial charge >= 0.3 is 0 Å². The molecule has 0 radical (unpaired) electrons. The molecule has 0 fully saturated rings. The number of nitrogens with zero attached hydrogens (tertiary/aromatic N) is 1. The van der Waals surface area contributed by atoms with Crippen molar-refractivity contribution in [3.8, 4) is 0 Å². The van der Waals surface area contributed by atoms with Crippen LogP contribution in [0.3, 0.4) is 0 Å². The van der Waals surface area contributed by atoms with Gasteiger partial charge in [-0.05, 0) is 12.8 Å². The number of carbonyl (C=O) groups excluding carboxylic acids is 2. The third-order valence-electron chi connectivity index (χ3n) is 3.69. The van der Waals surface area contributed by atoms with Gasteiger partial charge in [-0.2, -0.15) is 0 Å². The Morgan fingerprint density at radius 2 is 1.67 bits per heavy atom. The monoisotopic (exact) mass is 300 g/mol. The van der Waals surface area contributed by atoms with Crippen LogP contribution < -0.4 is 10.4 Å². The van der Waals surface area contributed by atoms with Crippen molar-refractivity contribution in [2.45, 2.75) is 64.3 Å². The van der Waals surface area contributed by atoms with Crippen molar-refractivity contribution in [2.75, 3.05) is 27.7 Å². The average Bonchev–Trinajstić information content (AvgIpc) is 2.36. The lowest BCUT2D eigenvalue weighted by Crippen LogP contribution is -2.54. The van der Waals surface area contributed by atoms with Gasteiger partial charge in [-0.3, -0.25) is 4.79 Å². The topological polar surface area (TPSA) is 69.2 Å². The van der Waals surface area contributed by atoms with Gasteiger partial charge in [-0.1, -0.05) is 32.6 Å². The highest BCUT2D eigenvalue weighted by molar-refractivity contribution is 5.75. The Labute approximate surface area is 129 Å². The van der Waals surface area contributed by atoms with E-state index >= 15 is 0 Å². The number of quaternary nitrogens is 1. The Hall–Kier alpha value is -1.10. The fourth-order valence-corrected chi connectivity index (χ4v) is 2.32. The molecule has 0 bridgehead atoms. The van der Waals surface area contributed by atoms with Crippen molar-refractivity contribution in [1.82, 2.24) is 5.32 Å². The number of aliphatic carboxylic acids is 1. The molecular weight excluding hydrogens is 268 g/mol. The van der Waals surface area contributed by atoms with Crippen molar-refractivity contribution in [2.24, 2.45) is 0 Å². The lowest BCUT2D eigenvalue weighted by molar-refractivity contribution is -0.889. The first-order chi connectivity index (χ1) is 9.79. The second kappa shape index (κ2) is 10.6. The number of hydrogen-bond acceptors (Lipinski definition) is 3. The van der Waals surface area contributed by atoms with Gasteiger partial charge in [-0.25, -0.2) is 0 Å². The van der Waals surface area contributed by atoms with E-state index in [4.69, 9.17) is 0 Å². The molecule has 21 heavy (non-hydrogen) atoms. The highest BCUT2D eigenvalue weighted by Crippen LogP contribution is 2.09. The van der Waals surface area contributed by atoms with Crippen molar-refractivity contribution < 1.29 is 19.2 Å². The summed E-state index contributed by atoms with van der Waals surface area (Å²) in [6.07, 6.45) is 7.43. The summed E-state index contributed by atoms with van der Waals surface area (Å²) in [7, 11) is 5.53. The number of unbranched alkanes of at least 4 members (excludes halogenated alkanes) is 4. The Kier molecular flexibility index (Phi) is 10.0. The van der Waals surface area contributed by atoms with E-state index in [1.165, 1.54) is 19.3 Å². The molecule has 124 valence electrons. The quantitative estimate of drug-likeness (QED) is 0.433. The molecule has 0 aromatic carbocycles. The summed E-state index contributed by atoms with van der Waals surface area (Å²) in [5, 5.41) is 13.9. The first-order valence-corrected chi connectivity index (χ1v) is 8.07.